The first-order valence-corrected chi connectivity index (χ1v) is 8.31. The third-order valence-electron chi connectivity index (χ3n) is 3.68. The Kier molecular flexibility index (Phi) is 5.88. The van der Waals surface area contributed by atoms with Crippen molar-refractivity contribution in [3.05, 3.63) is 29.8 Å². The Balaban J connectivity index is 2.01. The fourth-order valence-corrected chi connectivity index (χ4v) is 2.66. The van der Waals surface area contributed by atoms with Gasteiger partial charge >= 0.3 is 6.09 Å². The molecule has 0 radical (unpaired) electrons. The molecule has 5 heteroatoms. The summed E-state index contributed by atoms with van der Waals surface area (Å²) in [7, 11) is 0. The number of ether oxygens (including phenoxy) is 2. The third kappa shape index (κ3) is 5.43. The van der Waals surface area contributed by atoms with Crippen LogP contribution < -0.4 is 10.1 Å². The van der Waals surface area contributed by atoms with Gasteiger partial charge in [-0.2, -0.15) is 0 Å². The second-order valence-corrected chi connectivity index (χ2v) is 6.81. The fraction of sp³-hybridized carbons (Fsp3) is 0.611. The largest absolute Gasteiger partial charge is 0.494 e. The Morgan fingerprint density at radius 3 is 2.61 bits per heavy atom. The van der Waals surface area contributed by atoms with Gasteiger partial charge in [-0.25, -0.2) is 4.79 Å². The van der Waals surface area contributed by atoms with E-state index in [1.165, 1.54) is 5.56 Å². The smallest absolute Gasteiger partial charge is 0.410 e. The van der Waals surface area contributed by atoms with E-state index < -0.39 is 5.60 Å². The summed E-state index contributed by atoms with van der Waals surface area (Å²) in [6.07, 6.45) is 0.577. The molecule has 0 saturated carbocycles. The van der Waals surface area contributed by atoms with Crippen LogP contribution in [0.3, 0.4) is 0 Å². The second kappa shape index (κ2) is 7.68. The summed E-state index contributed by atoms with van der Waals surface area (Å²) in [5.74, 6) is 0.877. The molecule has 0 spiro atoms. The van der Waals surface area contributed by atoms with Crippen LogP contribution in [-0.4, -0.2) is 48.9 Å². The molecule has 23 heavy (non-hydrogen) atoms. The maximum atomic E-state index is 12.4. The highest BCUT2D eigenvalue weighted by Crippen LogP contribution is 2.18. The van der Waals surface area contributed by atoms with E-state index in [2.05, 4.69) is 17.4 Å². The summed E-state index contributed by atoms with van der Waals surface area (Å²) < 4.78 is 11.0. The van der Waals surface area contributed by atoms with Crippen LogP contribution in [0.1, 0.15) is 33.3 Å². The second-order valence-electron chi connectivity index (χ2n) is 6.81. The van der Waals surface area contributed by atoms with E-state index in [4.69, 9.17) is 9.47 Å². The number of carbonyl (C=O) groups excluding carboxylic acids is 1. The first-order valence-electron chi connectivity index (χ1n) is 8.31. The molecule has 1 fully saturated rings. The van der Waals surface area contributed by atoms with Crippen LogP contribution in [0.25, 0.3) is 0 Å². The van der Waals surface area contributed by atoms with Gasteiger partial charge in [-0.1, -0.05) is 12.1 Å². The van der Waals surface area contributed by atoms with Crippen LogP contribution in [0.4, 0.5) is 4.79 Å². The molecule has 1 saturated heterocycles. The van der Waals surface area contributed by atoms with E-state index in [1.807, 2.05) is 44.7 Å². The van der Waals surface area contributed by atoms with Crippen LogP contribution in [0, 0.1) is 0 Å². The Morgan fingerprint density at radius 1 is 1.30 bits per heavy atom. The quantitative estimate of drug-likeness (QED) is 0.927. The molecule has 2 rings (SSSR count). The first kappa shape index (κ1) is 17.6. The molecule has 1 N–H and O–H groups in total. The number of benzene rings is 1. The molecule has 0 aromatic heterocycles. The lowest BCUT2D eigenvalue weighted by molar-refractivity contribution is 0.0122. The molecule has 1 amide bonds. The molecule has 1 atom stereocenters. The molecule has 0 unspecified atom stereocenters. The van der Waals surface area contributed by atoms with Gasteiger partial charge in [0, 0.05) is 19.6 Å². The lowest BCUT2D eigenvalue weighted by Gasteiger charge is -2.37. The molecule has 1 aromatic rings. The number of piperazine rings is 1. The minimum Gasteiger partial charge on any atom is -0.494 e. The highest BCUT2D eigenvalue weighted by molar-refractivity contribution is 5.68. The molecule has 0 aliphatic carbocycles. The predicted octanol–water partition coefficient (Wildman–Crippen LogP) is 2.84. The molecule has 5 nitrogen and oxygen atoms in total. The van der Waals surface area contributed by atoms with Gasteiger partial charge in [0.2, 0.25) is 0 Å². The van der Waals surface area contributed by atoms with E-state index in [9.17, 15) is 4.79 Å². The van der Waals surface area contributed by atoms with Crippen molar-refractivity contribution < 1.29 is 14.3 Å². The normalized spacial score (nSPS) is 18.6. The van der Waals surface area contributed by atoms with Crippen LogP contribution in [0.2, 0.25) is 0 Å². The van der Waals surface area contributed by atoms with Crippen molar-refractivity contribution in [3.8, 4) is 5.75 Å². The van der Waals surface area contributed by atoms with Gasteiger partial charge in [0.1, 0.15) is 11.4 Å². The van der Waals surface area contributed by atoms with Crippen LogP contribution >= 0.6 is 0 Å². The van der Waals surface area contributed by atoms with E-state index in [1.54, 1.807) is 0 Å². The Labute approximate surface area is 139 Å². The van der Waals surface area contributed by atoms with Crippen LogP contribution in [0.5, 0.6) is 5.75 Å². The minimum absolute atomic E-state index is 0.108. The van der Waals surface area contributed by atoms with Crippen LogP contribution in [-0.2, 0) is 11.2 Å². The average Bonchev–Trinajstić information content (AvgIpc) is 2.48. The monoisotopic (exact) mass is 320 g/mol. The van der Waals surface area contributed by atoms with Crippen molar-refractivity contribution in [2.45, 2.75) is 45.8 Å². The summed E-state index contributed by atoms with van der Waals surface area (Å²) in [5, 5.41) is 3.36. The zero-order chi connectivity index (χ0) is 16.9. The standard InChI is InChI=1S/C18H28N2O3/c1-5-22-16-8-6-14(7-9-16)12-15-13-19-10-11-20(15)17(21)23-18(2,3)4/h6-9,15,19H,5,10-13H2,1-4H3/t15-/m0/s1. The van der Waals surface area contributed by atoms with Gasteiger partial charge in [0.25, 0.3) is 0 Å². The number of nitrogens with zero attached hydrogens (tertiary/aromatic N) is 1. The summed E-state index contributed by atoms with van der Waals surface area (Å²) in [6, 6.07) is 8.19. The summed E-state index contributed by atoms with van der Waals surface area (Å²) >= 11 is 0. The average molecular weight is 320 g/mol. The van der Waals surface area contributed by atoms with Crippen molar-refractivity contribution in [2.75, 3.05) is 26.2 Å². The van der Waals surface area contributed by atoms with E-state index >= 15 is 0 Å². The van der Waals surface area contributed by atoms with Gasteiger partial charge in [0.15, 0.2) is 0 Å². The number of nitrogens with one attached hydrogen (secondary N) is 1. The highest BCUT2D eigenvalue weighted by atomic mass is 16.6. The SMILES string of the molecule is CCOc1ccc(C[C@H]2CNCCN2C(=O)OC(C)(C)C)cc1. The van der Waals surface area contributed by atoms with E-state index in [-0.39, 0.29) is 12.1 Å². The third-order valence-corrected chi connectivity index (χ3v) is 3.68. The minimum atomic E-state index is -0.467. The molecule has 1 aromatic carbocycles. The molecular formula is C18H28N2O3. The highest BCUT2D eigenvalue weighted by Gasteiger charge is 2.30. The number of hydrogen-bond donors (Lipinski definition) is 1. The molecule has 1 aliphatic rings. The summed E-state index contributed by atoms with van der Waals surface area (Å²) in [6.45, 7) is 10.6. The van der Waals surface area contributed by atoms with Crippen molar-refractivity contribution in [1.82, 2.24) is 10.2 Å². The predicted molar refractivity (Wildman–Crippen MR) is 90.9 cm³/mol. The topological polar surface area (TPSA) is 50.8 Å². The molecule has 1 aliphatic heterocycles. The van der Waals surface area contributed by atoms with Gasteiger partial charge in [-0.3, -0.25) is 0 Å². The lowest BCUT2D eigenvalue weighted by atomic mass is 10.0. The maximum absolute atomic E-state index is 12.4. The van der Waals surface area contributed by atoms with E-state index in [0.717, 1.165) is 25.3 Å². The maximum Gasteiger partial charge on any atom is 0.410 e. The number of hydrogen-bond acceptors (Lipinski definition) is 4. The summed E-state index contributed by atoms with van der Waals surface area (Å²) in [4.78, 5) is 14.3. The molecular weight excluding hydrogens is 292 g/mol. The van der Waals surface area contributed by atoms with Crippen molar-refractivity contribution >= 4 is 6.09 Å². The summed E-state index contributed by atoms with van der Waals surface area (Å²) in [5.41, 5.74) is 0.724. The zero-order valence-corrected chi connectivity index (χ0v) is 14.6. The van der Waals surface area contributed by atoms with E-state index in [0.29, 0.717) is 13.2 Å². The van der Waals surface area contributed by atoms with Crippen molar-refractivity contribution in [3.63, 3.8) is 0 Å². The number of amides is 1. The number of rotatable bonds is 4. The van der Waals surface area contributed by atoms with Crippen molar-refractivity contribution in [2.24, 2.45) is 0 Å². The molecule has 128 valence electrons. The molecule has 1 heterocycles. The fourth-order valence-electron chi connectivity index (χ4n) is 2.66. The van der Waals surface area contributed by atoms with Gasteiger partial charge in [-0.05, 0) is 51.8 Å². The van der Waals surface area contributed by atoms with Gasteiger partial charge < -0.3 is 19.7 Å². The van der Waals surface area contributed by atoms with Gasteiger partial charge in [0.05, 0.1) is 12.6 Å². The Hall–Kier alpha value is -1.75. The zero-order valence-electron chi connectivity index (χ0n) is 14.6. The Bertz CT molecular complexity index is 508. The number of carbonyl (C=O) groups is 1. The van der Waals surface area contributed by atoms with Crippen molar-refractivity contribution in [1.29, 1.82) is 0 Å². The lowest BCUT2D eigenvalue weighted by Crippen LogP contribution is -2.55. The molecule has 0 bridgehead atoms. The van der Waals surface area contributed by atoms with Gasteiger partial charge in [-0.15, -0.1) is 0 Å². The Morgan fingerprint density at radius 2 is 2.00 bits per heavy atom. The van der Waals surface area contributed by atoms with Crippen LogP contribution in [0.15, 0.2) is 24.3 Å². The first-order chi connectivity index (χ1) is 10.9.